The number of halogens is 1. The Hall–Kier alpha value is -4.85. The SMILES string of the molecule is O=c1oc2ccccc2c2c1C(c1ccc(F)cc1)c1c(ncn3nc(-c4ccccc4)nc13)O2. The molecule has 0 saturated carbocycles. The predicted molar refractivity (Wildman–Crippen MR) is 126 cm³/mol. The molecule has 7 nitrogen and oxygen atoms in total. The van der Waals surface area contributed by atoms with E-state index in [2.05, 4.69) is 10.1 Å². The van der Waals surface area contributed by atoms with Crippen molar-refractivity contribution in [2.75, 3.05) is 0 Å². The number of nitrogens with zero attached hydrogens (tertiary/aromatic N) is 4. The van der Waals surface area contributed by atoms with Crippen LogP contribution in [0.4, 0.5) is 4.39 Å². The van der Waals surface area contributed by atoms with Crippen molar-refractivity contribution in [2.24, 2.45) is 0 Å². The van der Waals surface area contributed by atoms with Gasteiger partial charge in [0.15, 0.2) is 17.2 Å². The van der Waals surface area contributed by atoms with Gasteiger partial charge in [-0.1, -0.05) is 54.6 Å². The highest BCUT2D eigenvalue weighted by Gasteiger charge is 2.37. The van der Waals surface area contributed by atoms with Gasteiger partial charge >= 0.3 is 5.63 Å². The molecule has 0 N–H and O–H groups in total. The first-order valence-corrected chi connectivity index (χ1v) is 11.0. The Balaban J connectivity index is 1.56. The van der Waals surface area contributed by atoms with Crippen molar-refractivity contribution in [2.45, 2.75) is 5.92 Å². The molecule has 1 unspecified atom stereocenters. The molecule has 1 aliphatic heterocycles. The zero-order chi connectivity index (χ0) is 23.5. The summed E-state index contributed by atoms with van der Waals surface area (Å²) in [5.41, 5.74) is 2.74. The third-order valence-electron chi connectivity index (χ3n) is 6.20. The molecule has 1 aliphatic rings. The van der Waals surface area contributed by atoms with E-state index in [-0.39, 0.29) is 5.82 Å². The number of hydrogen-bond acceptors (Lipinski definition) is 6. The molecule has 0 aliphatic carbocycles. The highest BCUT2D eigenvalue weighted by Crippen LogP contribution is 2.48. The number of aromatic nitrogens is 4. The standard InChI is InChI=1S/C27H15FN4O3/c28-17-12-10-15(11-13-17)20-21-23(18-8-4-5-9-19(18)34-27(21)33)35-26-22(20)25-30-24(31-32(25)14-29-26)16-6-2-1-3-7-16/h1-14,20H. The zero-order valence-electron chi connectivity index (χ0n) is 18.1. The lowest BCUT2D eigenvalue weighted by atomic mass is 9.84. The normalized spacial score (nSPS) is 14.5. The largest absolute Gasteiger partial charge is 0.437 e. The van der Waals surface area contributed by atoms with Gasteiger partial charge in [-0.05, 0) is 29.8 Å². The van der Waals surface area contributed by atoms with Gasteiger partial charge in [0.1, 0.15) is 17.7 Å². The van der Waals surface area contributed by atoms with Crippen LogP contribution < -0.4 is 10.4 Å². The Morgan fingerprint density at radius 2 is 1.66 bits per heavy atom. The number of benzene rings is 3. The van der Waals surface area contributed by atoms with Gasteiger partial charge in [-0.15, -0.1) is 5.10 Å². The summed E-state index contributed by atoms with van der Waals surface area (Å²) in [6.45, 7) is 0. The lowest BCUT2D eigenvalue weighted by Gasteiger charge is -2.27. The minimum Gasteiger partial charge on any atom is -0.437 e. The summed E-state index contributed by atoms with van der Waals surface area (Å²) in [6, 6.07) is 22.7. The van der Waals surface area contributed by atoms with E-state index in [0.717, 1.165) is 5.56 Å². The van der Waals surface area contributed by atoms with Crippen molar-refractivity contribution in [3.05, 3.63) is 118 Å². The molecule has 0 bridgehead atoms. The van der Waals surface area contributed by atoms with E-state index in [1.807, 2.05) is 42.5 Å². The lowest BCUT2D eigenvalue weighted by molar-refractivity contribution is 0.422. The van der Waals surface area contributed by atoms with Crippen molar-refractivity contribution in [1.29, 1.82) is 0 Å². The Morgan fingerprint density at radius 1 is 0.886 bits per heavy atom. The third kappa shape index (κ3) is 2.96. The van der Waals surface area contributed by atoms with Gasteiger partial charge in [0, 0.05) is 5.56 Å². The average Bonchev–Trinajstić information content (AvgIpc) is 3.33. The maximum absolute atomic E-state index is 13.8. The number of ether oxygens (including phenoxy) is 1. The average molecular weight is 462 g/mol. The van der Waals surface area contributed by atoms with Crippen LogP contribution in [0.15, 0.2) is 94.4 Å². The third-order valence-corrected chi connectivity index (χ3v) is 6.20. The van der Waals surface area contributed by atoms with Crippen LogP contribution in [-0.2, 0) is 0 Å². The molecular formula is C27H15FN4O3. The highest BCUT2D eigenvalue weighted by molar-refractivity contribution is 5.86. The highest BCUT2D eigenvalue weighted by atomic mass is 19.1. The van der Waals surface area contributed by atoms with Crippen molar-refractivity contribution >= 4 is 16.6 Å². The van der Waals surface area contributed by atoms with Crippen molar-refractivity contribution in [3.8, 4) is 23.0 Å². The van der Waals surface area contributed by atoms with Gasteiger partial charge in [-0.2, -0.15) is 0 Å². The van der Waals surface area contributed by atoms with Crippen LogP contribution in [0.25, 0.3) is 28.0 Å². The molecule has 3 aromatic heterocycles. The number of fused-ring (bicyclic) bond motifs is 6. The molecule has 0 saturated heterocycles. The van der Waals surface area contributed by atoms with Crippen molar-refractivity contribution in [1.82, 2.24) is 19.6 Å². The van der Waals surface area contributed by atoms with Gasteiger partial charge in [0.25, 0.3) is 0 Å². The molecule has 0 fully saturated rings. The van der Waals surface area contributed by atoms with Crippen LogP contribution in [0.3, 0.4) is 0 Å². The fraction of sp³-hybridized carbons (Fsp3) is 0.0370. The molecule has 6 aromatic rings. The fourth-order valence-electron chi connectivity index (χ4n) is 4.63. The van der Waals surface area contributed by atoms with Crippen molar-refractivity contribution in [3.63, 3.8) is 0 Å². The smallest absolute Gasteiger partial charge is 0.344 e. The molecule has 35 heavy (non-hydrogen) atoms. The zero-order valence-corrected chi connectivity index (χ0v) is 18.1. The summed E-state index contributed by atoms with van der Waals surface area (Å²) in [5.74, 6) is 0.159. The van der Waals surface area contributed by atoms with E-state index in [9.17, 15) is 9.18 Å². The van der Waals surface area contributed by atoms with Crippen molar-refractivity contribution < 1.29 is 13.5 Å². The second kappa shape index (κ2) is 7.33. The predicted octanol–water partition coefficient (Wildman–Crippen LogP) is 5.32. The van der Waals surface area contributed by atoms with Crippen LogP contribution in [0.2, 0.25) is 0 Å². The maximum Gasteiger partial charge on any atom is 0.344 e. The summed E-state index contributed by atoms with van der Waals surface area (Å²) in [6.07, 6.45) is 1.54. The van der Waals surface area contributed by atoms with E-state index >= 15 is 0 Å². The van der Waals surface area contributed by atoms with E-state index in [1.165, 1.54) is 18.5 Å². The molecule has 3 aromatic carbocycles. The molecule has 168 valence electrons. The van der Waals surface area contributed by atoms with Gasteiger partial charge in [0.2, 0.25) is 5.88 Å². The molecular weight excluding hydrogens is 447 g/mol. The van der Waals surface area contributed by atoms with E-state index in [4.69, 9.17) is 14.1 Å². The fourth-order valence-corrected chi connectivity index (χ4v) is 4.63. The minimum atomic E-state index is -0.653. The first-order valence-electron chi connectivity index (χ1n) is 11.0. The second-order valence-electron chi connectivity index (χ2n) is 8.25. The van der Waals surface area contributed by atoms with Crippen LogP contribution in [0, 0.1) is 5.82 Å². The first-order chi connectivity index (χ1) is 17.2. The van der Waals surface area contributed by atoms with Gasteiger partial charge in [-0.3, -0.25) is 0 Å². The molecule has 0 amide bonds. The Bertz CT molecular complexity index is 1810. The molecule has 0 radical (unpaired) electrons. The minimum absolute atomic E-state index is 0.307. The topological polar surface area (TPSA) is 82.5 Å². The summed E-state index contributed by atoms with van der Waals surface area (Å²) in [4.78, 5) is 22.6. The quantitative estimate of drug-likeness (QED) is 0.323. The Morgan fingerprint density at radius 3 is 2.49 bits per heavy atom. The number of hydrogen-bond donors (Lipinski definition) is 0. The van der Waals surface area contributed by atoms with Crippen LogP contribution in [0.5, 0.6) is 11.6 Å². The molecule has 1 atom stereocenters. The molecule has 7 rings (SSSR count). The van der Waals surface area contributed by atoms with Gasteiger partial charge in [0.05, 0.1) is 22.4 Å². The monoisotopic (exact) mass is 462 g/mol. The van der Waals surface area contributed by atoms with Crippen LogP contribution in [-0.4, -0.2) is 19.6 Å². The Kier molecular flexibility index (Phi) is 4.10. The first kappa shape index (κ1) is 19.6. The summed E-state index contributed by atoms with van der Waals surface area (Å²) in [7, 11) is 0. The molecule has 8 heteroatoms. The van der Waals surface area contributed by atoms with E-state index in [0.29, 0.717) is 50.8 Å². The van der Waals surface area contributed by atoms with E-state index in [1.54, 1.807) is 28.8 Å². The van der Waals surface area contributed by atoms with Crippen LogP contribution >= 0.6 is 0 Å². The Labute approximate surface area is 197 Å². The summed E-state index contributed by atoms with van der Waals surface area (Å²) < 4.78 is 27.3. The summed E-state index contributed by atoms with van der Waals surface area (Å²) in [5, 5.41) is 5.23. The number of rotatable bonds is 2. The van der Waals surface area contributed by atoms with Gasteiger partial charge < -0.3 is 9.15 Å². The lowest BCUT2D eigenvalue weighted by Crippen LogP contribution is -2.22. The van der Waals surface area contributed by atoms with Gasteiger partial charge in [-0.25, -0.2) is 23.7 Å². The molecule has 0 spiro atoms. The number of para-hydroxylation sites is 1. The van der Waals surface area contributed by atoms with E-state index < -0.39 is 11.5 Å². The summed E-state index contributed by atoms with van der Waals surface area (Å²) >= 11 is 0. The molecule has 4 heterocycles. The maximum atomic E-state index is 13.8. The van der Waals surface area contributed by atoms with Crippen LogP contribution in [0.1, 0.15) is 22.6 Å². The second-order valence-corrected chi connectivity index (χ2v) is 8.25.